The lowest BCUT2D eigenvalue weighted by Gasteiger charge is -2.20. The summed E-state index contributed by atoms with van der Waals surface area (Å²) in [5.74, 6) is -2.54. The summed E-state index contributed by atoms with van der Waals surface area (Å²) in [5, 5.41) is 15.2. The Kier molecular flexibility index (Phi) is 7.02. The number of amides is 1. The van der Waals surface area contributed by atoms with E-state index < -0.39 is 35.5 Å². The molecule has 2 aliphatic rings. The SMILES string of the molecule is CCn1cc(-c2cc(Cn3ccn(C4CC4)c3=N)cc(C(=O)N[C@H](c3ccc(F)c(F)c3)C3CC3)c2)c(C(F)(F)F)n1. The fourth-order valence-corrected chi connectivity index (χ4v) is 5.32. The molecule has 0 aliphatic heterocycles. The standard InChI is InChI=1S/C30H29F5N6O/c1-2-40-16-23(27(38-40)30(33,34)35)20-11-17(15-39-9-10-41(29(39)36)22-6-7-22)12-21(13-20)28(42)37-26(18-3-4-18)19-5-8-24(31)25(32)14-19/h5,8-14,16,18,22,26,36H,2-4,6-7,15H2,1H3,(H,37,42)/t26-/m0/s1. The van der Waals surface area contributed by atoms with Gasteiger partial charge in [-0.3, -0.25) is 14.9 Å². The van der Waals surface area contributed by atoms with Crippen LogP contribution in [0.3, 0.4) is 0 Å². The van der Waals surface area contributed by atoms with Crippen molar-refractivity contribution < 1.29 is 26.7 Å². The first kappa shape index (κ1) is 27.9. The number of hydrogen-bond acceptors (Lipinski definition) is 3. The molecular formula is C30H29F5N6O. The van der Waals surface area contributed by atoms with E-state index in [-0.39, 0.29) is 47.4 Å². The average Bonchev–Trinajstić information content (AvgIpc) is 3.89. The molecule has 0 saturated heterocycles. The van der Waals surface area contributed by atoms with Crippen molar-refractivity contribution in [3.8, 4) is 11.1 Å². The predicted molar refractivity (Wildman–Crippen MR) is 143 cm³/mol. The number of rotatable bonds is 9. The van der Waals surface area contributed by atoms with Crippen LogP contribution in [-0.4, -0.2) is 24.8 Å². The number of hydrogen-bond donors (Lipinski definition) is 2. The van der Waals surface area contributed by atoms with E-state index in [1.165, 1.54) is 23.0 Å². The fraction of sp³-hybridized carbons (Fsp3) is 0.367. The summed E-state index contributed by atoms with van der Waals surface area (Å²) >= 11 is 0. The van der Waals surface area contributed by atoms with Gasteiger partial charge in [0.2, 0.25) is 5.62 Å². The summed E-state index contributed by atoms with van der Waals surface area (Å²) in [6.07, 6.45) is 3.71. The number of alkyl halides is 3. The maximum atomic E-state index is 14.0. The zero-order chi connectivity index (χ0) is 29.8. The van der Waals surface area contributed by atoms with Gasteiger partial charge in [0, 0.05) is 42.3 Å². The van der Waals surface area contributed by atoms with Crippen molar-refractivity contribution in [2.75, 3.05) is 0 Å². The minimum absolute atomic E-state index is 0.0321. The van der Waals surface area contributed by atoms with Crippen LogP contribution in [0.4, 0.5) is 22.0 Å². The van der Waals surface area contributed by atoms with Crippen LogP contribution in [0.25, 0.3) is 11.1 Å². The molecule has 2 aromatic heterocycles. The van der Waals surface area contributed by atoms with E-state index in [0.717, 1.165) is 37.8 Å². The zero-order valence-corrected chi connectivity index (χ0v) is 22.8. The maximum Gasteiger partial charge on any atom is 0.435 e. The Labute approximate surface area is 238 Å². The Morgan fingerprint density at radius 1 is 1.07 bits per heavy atom. The second kappa shape index (κ2) is 10.6. The zero-order valence-electron chi connectivity index (χ0n) is 22.8. The molecule has 42 heavy (non-hydrogen) atoms. The van der Waals surface area contributed by atoms with Crippen LogP contribution in [0.5, 0.6) is 0 Å². The minimum atomic E-state index is -4.72. The molecule has 2 aliphatic carbocycles. The van der Waals surface area contributed by atoms with Crippen LogP contribution in [-0.2, 0) is 19.3 Å². The minimum Gasteiger partial charge on any atom is -0.345 e. The molecule has 0 radical (unpaired) electrons. The van der Waals surface area contributed by atoms with Gasteiger partial charge < -0.3 is 14.5 Å². The van der Waals surface area contributed by atoms with E-state index in [9.17, 15) is 26.7 Å². The van der Waals surface area contributed by atoms with Crippen LogP contribution < -0.4 is 10.9 Å². The molecule has 1 amide bonds. The van der Waals surface area contributed by atoms with Crippen molar-refractivity contribution in [3.63, 3.8) is 0 Å². The third kappa shape index (κ3) is 5.62. The molecule has 2 fully saturated rings. The molecule has 6 rings (SSSR count). The quantitative estimate of drug-likeness (QED) is 0.229. The normalized spacial score (nSPS) is 16.0. The Balaban J connectivity index is 1.40. The van der Waals surface area contributed by atoms with Gasteiger partial charge >= 0.3 is 6.18 Å². The van der Waals surface area contributed by atoms with Gasteiger partial charge in [-0.1, -0.05) is 6.07 Å². The summed E-state index contributed by atoms with van der Waals surface area (Å²) < 4.78 is 74.3. The summed E-state index contributed by atoms with van der Waals surface area (Å²) in [5.41, 5.74) is 0.260. The number of carbonyl (C=O) groups excluding carboxylic acids is 1. The van der Waals surface area contributed by atoms with Crippen molar-refractivity contribution in [1.29, 1.82) is 5.41 Å². The Hall–Kier alpha value is -4.22. The molecule has 220 valence electrons. The molecule has 2 N–H and O–H groups in total. The number of nitrogens with zero attached hydrogens (tertiary/aromatic N) is 4. The number of imidazole rings is 1. The summed E-state index contributed by atoms with van der Waals surface area (Å²) in [6.45, 7) is 2.06. The van der Waals surface area contributed by atoms with Gasteiger partial charge in [0.25, 0.3) is 5.91 Å². The van der Waals surface area contributed by atoms with E-state index in [4.69, 9.17) is 5.41 Å². The smallest absolute Gasteiger partial charge is 0.345 e. The topological polar surface area (TPSA) is 80.6 Å². The molecule has 12 heteroatoms. The van der Waals surface area contributed by atoms with Crippen molar-refractivity contribution >= 4 is 5.91 Å². The van der Waals surface area contributed by atoms with Crippen LogP contribution in [0.1, 0.15) is 71.9 Å². The van der Waals surface area contributed by atoms with Crippen LogP contribution >= 0.6 is 0 Å². The predicted octanol–water partition coefficient (Wildman–Crippen LogP) is 6.21. The molecular weight excluding hydrogens is 555 g/mol. The second-order valence-electron chi connectivity index (χ2n) is 11.0. The number of halogens is 5. The van der Waals surface area contributed by atoms with E-state index >= 15 is 0 Å². The van der Waals surface area contributed by atoms with E-state index in [1.54, 1.807) is 29.8 Å². The molecule has 2 aromatic carbocycles. The Morgan fingerprint density at radius 3 is 2.48 bits per heavy atom. The lowest BCUT2D eigenvalue weighted by atomic mass is 9.98. The molecule has 0 bridgehead atoms. The Morgan fingerprint density at radius 2 is 1.83 bits per heavy atom. The number of benzene rings is 2. The van der Waals surface area contributed by atoms with Gasteiger partial charge in [0.1, 0.15) is 0 Å². The van der Waals surface area contributed by atoms with E-state index in [1.807, 2.05) is 10.8 Å². The highest BCUT2D eigenvalue weighted by Gasteiger charge is 2.38. The number of nitrogens with one attached hydrogen (secondary N) is 2. The monoisotopic (exact) mass is 584 g/mol. The lowest BCUT2D eigenvalue weighted by molar-refractivity contribution is -0.141. The Bertz CT molecular complexity index is 1710. The van der Waals surface area contributed by atoms with Gasteiger partial charge in [-0.2, -0.15) is 18.3 Å². The van der Waals surface area contributed by atoms with Crippen molar-refractivity contribution in [2.45, 2.75) is 64.0 Å². The van der Waals surface area contributed by atoms with Crippen molar-refractivity contribution in [2.24, 2.45) is 5.92 Å². The third-order valence-electron chi connectivity index (χ3n) is 7.82. The van der Waals surface area contributed by atoms with Gasteiger partial charge in [-0.25, -0.2) is 8.78 Å². The number of aromatic nitrogens is 4. The first-order chi connectivity index (χ1) is 20.0. The summed E-state index contributed by atoms with van der Waals surface area (Å²) in [7, 11) is 0. The highest BCUT2D eigenvalue weighted by molar-refractivity contribution is 5.96. The van der Waals surface area contributed by atoms with Gasteiger partial charge in [0.05, 0.1) is 12.6 Å². The van der Waals surface area contributed by atoms with Gasteiger partial charge in [0.15, 0.2) is 17.3 Å². The first-order valence-corrected chi connectivity index (χ1v) is 13.9. The average molecular weight is 585 g/mol. The second-order valence-corrected chi connectivity index (χ2v) is 11.0. The van der Waals surface area contributed by atoms with E-state index in [2.05, 4.69) is 10.4 Å². The van der Waals surface area contributed by atoms with E-state index in [0.29, 0.717) is 11.1 Å². The molecule has 4 aromatic rings. The van der Waals surface area contributed by atoms with Crippen molar-refractivity contribution in [1.82, 2.24) is 24.2 Å². The van der Waals surface area contributed by atoms with Crippen LogP contribution in [0.15, 0.2) is 55.0 Å². The molecule has 7 nitrogen and oxygen atoms in total. The maximum absolute atomic E-state index is 14.0. The fourth-order valence-electron chi connectivity index (χ4n) is 5.32. The molecule has 2 heterocycles. The highest BCUT2D eigenvalue weighted by atomic mass is 19.4. The molecule has 0 unspecified atom stereocenters. The van der Waals surface area contributed by atoms with Crippen LogP contribution in [0, 0.1) is 23.0 Å². The largest absolute Gasteiger partial charge is 0.435 e. The summed E-state index contributed by atoms with van der Waals surface area (Å²) in [6, 6.07) is 7.75. The highest BCUT2D eigenvalue weighted by Crippen LogP contribution is 2.42. The van der Waals surface area contributed by atoms with Gasteiger partial charge in [-0.05, 0) is 85.5 Å². The molecule has 2 saturated carbocycles. The number of aryl methyl sites for hydroxylation is 1. The third-order valence-corrected chi connectivity index (χ3v) is 7.82. The van der Waals surface area contributed by atoms with Crippen LogP contribution in [0.2, 0.25) is 0 Å². The molecule has 0 spiro atoms. The lowest BCUT2D eigenvalue weighted by Crippen LogP contribution is -2.30. The van der Waals surface area contributed by atoms with Crippen molar-refractivity contribution in [3.05, 3.63) is 94.6 Å². The number of carbonyl (C=O) groups is 1. The first-order valence-electron chi connectivity index (χ1n) is 13.9. The molecule has 1 atom stereocenters. The van der Waals surface area contributed by atoms with Gasteiger partial charge in [-0.15, -0.1) is 0 Å². The summed E-state index contributed by atoms with van der Waals surface area (Å²) in [4.78, 5) is 13.6.